The topological polar surface area (TPSA) is 129 Å². The highest BCUT2D eigenvalue weighted by atomic mass is 15.1. The highest BCUT2D eigenvalue weighted by Gasteiger charge is 2.13. The summed E-state index contributed by atoms with van der Waals surface area (Å²) in [5, 5.41) is 25.3. The zero-order valence-corrected chi connectivity index (χ0v) is 66.9. The van der Waals surface area contributed by atoms with Crippen molar-refractivity contribution in [3.63, 3.8) is 0 Å². The Labute approximate surface area is 624 Å². The van der Waals surface area contributed by atoms with E-state index in [4.69, 9.17) is 0 Å². The minimum Gasteiger partial charge on any atom is -0.258 e. The molecule has 10 heteroatoms. The van der Waals surface area contributed by atoms with Crippen LogP contribution in [0.3, 0.4) is 0 Å². The molecule has 0 amide bonds. The molecule has 0 fully saturated rings. The van der Waals surface area contributed by atoms with E-state index in [0.717, 1.165) is 96.8 Å². The van der Waals surface area contributed by atoms with Gasteiger partial charge in [0.2, 0.25) is 0 Å². The summed E-state index contributed by atoms with van der Waals surface area (Å²) in [4.78, 5) is 34.4. The first-order chi connectivity index (χ1) is 49.9. The summed E-state index contributed by atoms with van der Waals surface area (Å²) in [6.45, 7) is 51.2. The van der Waals surface area contributed by atoms with Crippen LogP contribution in [-0.4, -0.2) is 50.1 Å². The number of hydrogen-bond donors (Lipinski definition) is 0. The third-order valence-corrected chi connectivity index (χ3v) is 18.9. The van der Waals surface area contributed by atoms with Crippen molar-refractivity contribution >= 4 is 75.5 Å². The summed E-state index contributed by atoms with van der Waals surface area (Å²) >= 11 is 0. The Morgan fingerprint density at radius 1 is 0.190 bits per heavy atom. The maximum atomic E-state index is 4.50. The van der Waals surface area contributed by atoms with E-state index in [-0.39, 0.29) is 0 Å². The molecule has 105 heavy (non-hydrogen) atoms. The predicted molar refractivity (Wildman–Crippen MR) is 448 cm³/mol. The van der Waals surface area contributed by atoms with Gasteiger partial charge >= 0.3 is 0 Å². The highest BCUT2D eigenvalue weighted by molar-refractivity contribution is 6.33. The van der Waals surface area contributed by atoms with Gasteiger partial charge in [-0.05, 0) is 332 Å². The number of fused-ring (bicyclic) bond motifs is 5. The number of para-hydroxylation sites is 1. The van der Waals surface area contributed by atoms with Crippen LogP contribution in [0.1, 0.15) is 141 Å². The molecule has 16 aromatic rings. The van der Waals surface area contributed by atoms with Crippen molar-refractivity contribution in [1.82, 2.24) is 50.1 Å². The Balaban J connectivity index is 0.000000152. The second-order valence-corrected chi connectivity index (χ2v) is 28.0. The van der Waals surface area contributed by atoms with Gasteiger partial charge in [-0.3, -0.25) is 29.9 Å². The van der Waals surface area contributed by atoms with Crippen LogP contribution in [0.4, 0.5) is 0 Å². The average Bonchev–Trinajstić information content (AvgIpc) is 0.722. The fourth-order valence-electron chi connectivity index (χ4n) is 13.5. The molecule has 0 radical (unpaired) electrons. The number of pyridine rings is 6. The Morgan fingerprint density at radius 3 is 1.10 bits per heavy atom. The molecule has 0 aliphatic carbocycles. The van der Waals surface area contributed by atoms with Crippen molar-refractivity contribution in [2.75, 3.05) is 0 Å². The molecule has 8 aromatic heterocycles. The lowest BCUT2D eigenvalue weighted by molar-refractivity contribution is 0.905. The van der Waals surface area contributed by atoms with Crippen LogP contribution in [0.25, 0.3) is 75.5 Å². The van der Waals surface area contributed by atoms with Crippen molar-refractivity contribution < 1.29 is 0 Å². The molecule has 0 spiro atoms. The van der Waals surface area contributed by atoms with E-state index >= 15 is 0 Å². The lowest BCUT2D eigenvalue weighted by Crippen LogP contribution is -1.97. The molecular formula is C95H106N10. The number of aryl methyl sites for hydroxylation is 22. The van der Waals surface area contributed by atoms with Crippen LogP contribution in [0.2, 0.25) is 0 Å². The van der Waals surface area contributed by atoms with E-state index < -0.39 is 0 Å². The maximum Gasteiger partial charge on any atom is 0.125 e. The van der Waals surface area contributed by atoms with Crippen LogP contribution in [0.15, 0.2) is 188 Å². The molecule has 16 rings (SSSR count). The van der Waals surface area contributed by atoms with E-state index in [9.17, 15) is 0 Å². The zero-order valence-electron chi connectivity index (χ0n) is 66.9. The summed E-state index contributed by atoms with van der Waals surface area (Å²) in [6.07, 6.45) is 0. The summed E-state index contributed by atoms with van der Waals surface area (Å²) in [5.74, 6) is 0.854. The number of rotatable bonds is 0. The van der Waals surface area contributed by atoms with Gasteiger partial charge in [0.1, 0.15) is 5.82 Å². The normalized spacial score (nSPS) is 10.5. The van der Waals surface area contributed by atoms with E-state index in [0.29, 0.717) is 0 Å². The molecule has 8 heterocycles. The maximum absolute atomic E-state index is 4.50. The molecule has 0 saturated carbocycles. The summed E-state index contributed by atoms with van der Waals surface area (Å²) in [7, 11) is 0. The van der Waals surface area contributed by atoms with Crippen LogP contribution in [0.5, 0.6) is 0 Å². The van der Waals surface area contributed by atoms with E-state index in [2.05, 4.69) is 304 Å². The van der Waals surface area contributed by atoms with Gasteiger partial charge in [0.05, 0.1) is 16.9 Å². The minimum absolute atomic E-state index is 0.854. The van der Waals surface area contributed by atoms with Crippen molar-refractivity contribution in [3.8, 4) is 0 Å². The molecule has 0 aliphatic rings. The van der Waals surface area contributed by atoms with Crippen molar-refractivity contribution in [3.05, 3.63) is 329 Å². The molecule has 536 valence electrons. The molecule has 0 unspecified atom stereocenters. The van der Waals surface area contributed by atoms with Crippen LogP contribution in [0, 0.1) is 173 Å². The Hall–Kier alpha value is -11.1. The monoisotopic (exact) mass is 1390 g/mol. The standard InChI is InChI=1S/C21H14.C12H13N.2C11H11N.C9H13N.C8H12N2.2C8H11N.C7H10N2/c1-13-11-12-19-17-9-3-6-14-5-2-8-16(20(14)17)18-10-4-7-15(13)21(18)19;1-8-9(2)13-10(3)12-7-5-4-6-11(8)12;1-8-7-10-5-3-4-6-11(10)9(2)12-8;1-8-7-9(2)12-11-6-4-3-5-10(8)11;1-6-5-7(2)10-9(4)8(6)3;1-5-6(2)8(4)10-9-7(5)3;2*1-6-4-7(2)9-8(3)5-6;1-5-4-6(2)9-7(3)8-5/h2-12H,1H3;4-7H,1-3H3;2*3-7H,1-2H3;5H,1-4H3;1-4H3;2*4-5H,1-3H3;4H,1-3H3. The minimum atomic E-state index is 0.854. The fraction of sp³-hybridized carbons (Fsp3) is 0.263. The average molecular weight is 1390 g/mol. The number of nitrogens with zero attached hydrogens (tertiary/aromatic N) is 10. The molecule has 10 nitrogen and oxygen atoms in total. The molecule has 0 N–H and O–H groups in total. The van der Waals surface area contributed by atoms with Crippen molar-refractivity contribution in [1.29, 1.82) is 0 Å². The van der Waals surface area contributed by atoms with Gasteiger partial charge in [0.25, 0.3) is 0 Å². The quantitative estimate of drug-likeness (QED) is 0.107. The van der Waals surface area contributed by atoms with Gasteiger partial charge in [-0.1, -0.05) is 133 Å². The van der Waals surface area contributed by atoms with Crippen molar-refractivity contribution in [2.45, 2.75) is 173 Å². The summed E-state index contributed by atoms with van der Waals surface area (Å²) in [5.41, 5.74) is 29.2. The second-order valence-electron chi connectivity index (χ2n) is 28.0. The van der Waals surface area contributed by atoms with E-state index in [1.807, 2.05) is 107 Å². The second kappa shape index (κ2) is 36.4. The lowest BCUT2D eigenvalue weighted by Gasteiger charge is -2.15. The molecule has 8 aromatic carbocycles. The van der Waals surface area contributed by atoms with Crippen LogP contribution in [-0.2, 0) is 0 Å². The fourth-order valence-corrected chi connectivity index (χ4v) is 13.5. The molecule has 0 atom stereocenters. The molecule has 0 aliphatic heterocycles. The highest BCUT2D eigenvalue weighted by Crippen LogP contribution is 2.41. The summed E-state index contributed by atoms with van der Waals surface area (Å²) < 4.78 is 0. The van der Waals surface area contributed by atoms with Gasteiger partial charge in [0.15, 0.2) is 0 Å². The van der Waals surface area contributed by atoms with Gasteiger partial charge in [-0.15, -0.1) is 0 Å². The Morgan fingerprint density at radius 2 is 0.571 bits per heavy atom. The predicted octanol–water partition coefficient (Wildman–Crippen LogP) is 24.4. The summed E-state index contributed by atoms with van der Waals surface area (Å²) in [6, 6.07) is 66.1. The van der Waals surface area contributed by atoms with E-state index in [1.54, 1.807) is 0 Å². The first kappa shape index (κ1) is 79.6. The van der Waals surface area contributed by atoms with Gasteiger partial charge in [0, 0.05) is 90.2 Å². The van der Waals surface area contributed by atoms with E-state index in [1.165, 1.54) is 120 Å². The van der Waals surface area contributed by atoms with Gasteiger partial charge in [-0.2, -0.15) is 10.2 Å². The third-order valence-electron chi connectivity index (χ3n) is 18.9. The third kappa shape index (κ3) is 21.3. The smallest absolute Gasteiger partial charge is 0.125 e. The number of benzene rings is 8. The number of hydrogen-bond acceptors (Lipinski definition) is 10. The molecule has 0 bridgehead atoms. The SMILES string of the molecule is Cc1cc(C)c(C)c(C)n1.Cc1cc(C)c2ccccc2n1.Cc1cc(C)nc(C)c1.Cc1cc(C)nc(C)c1.Cc1cc(C)nc(C)n1.Cc1cc2ccccc2c(C)n1.Cc1ccc2c3cccc4cccc(c5cccc1c52)c43.Cc1nc(C)c2ccccc2c1C.Cc1nnc(C)c(C)c1C. The Bertz CT molecular complexity index is 5240. The molecular weight excluding hydrogens is 1280 g/mol. The largest absolute Gasteiger partial charge is 0.258 e. The van der Waals surface area contributed by atoms with Crippen LogP contribution >= 0.6 is 0 Å². The van der Waals surface area contributed by atoms with Crippen LogP contribution < -0.4 is 0 Å². The molecule has 0 saturated heterocycles. The van der Waals surface area contributed by atoms with Gasteiger partial charge < -0.3 is 0 Å². The lowest BCUT2D eigenvalue weighted by atomic mass is 9.89. The van der Waals surface area contributed by atoms with Crippen molar-refractivity contribution in [2.24, 2.45) is 0 Å². The number of aromatic nitrogens is 10. The Kier molecular flexibility index (Phi) is 27.6. The van der Waals surface area contributed by atoms with Gasteiger partial charge in [-0.25, -0.2) is 9.97 Å². The first-order valence-corrected chi connectivity index (χ1v) is 36.2. The first-order valence-electron chi connectivity index (χ1n) is 36.2. The zero-order chi connectivity index (χ0) is 76.5.